The van der Waals surface area contributed by atoms with E-state index in [-0.39, 0.29) is 6.03 Å². The molecular formula is C15H23N3O2. The van der Waals surface area contributed by atoms with Crippen LogP contribution in [0.4, 0.5) is 10.5 Å². The van der Waals surface area contributed by atoms with Crippen LogP contribution in [0.2, 0.25) is 0 Å². The maximum Gasteiger partial charge on any atom is 0.321 e. The predicted molar refractivity (Wildman–Crippen MR) is 80.3 cm³/mol. The van der Waals surface area contributed by atoms with Crippen LogP contribution < -0.4 is 10.1 Å². The maximum atomic E-state index is 12.2. The van der Waals surface area contributed by atoms with E-state index in [4.69, 9.17) is 4.74 Å². The van der Waals surface area contributed by atoms with Crippen LogP contribution in [0.3, 0.4) is 0 Å². The largest absolute Gasteiger partial charge is 0.497 e. The molecular weight excluding hydrogens is 254 g/mol. The molecule has 1 N–H and O–H groups in total. The van der Waals surface area contributed by atoms with Crippen LogP contribution in [0.15, 0.2) is 24.3 Å². The first-order valence-corrected chi connectivity index (χ1v) is 7.04. The Morgan fingerprint density at radius 2 is 2.35 bits per heavy atom. The Morgan fingerprint density at radius 1 is 1.55 bits per heavy atom. The number of amides is 2. The van der Waals surface area contributed by atoms with Crippen molar-refractivity contribution >= 4 is 11.7 Å². The number of nitrogens with one attached hydrogen (secondary N) is 1. The number of anilines is 1. The Morgan fingerprint density at radius 3 is 3.00 bits per heavy atom. The lowest BCUT2D eigenvalue weighted by molar-refractivity contribution is 0.203. The number of benzene rings is 1. The highest BCUT2D eigenvalue weighted by atomic mass is 16.5. The number of rotatable bonds is 4. The van der Waals surface area contributed by atoms with Gasteiger partial charge in [0.2, 0.25) is 0 Å². The number of hydrogen-bond acceptors (Lipinski definition) is 3. The summed E-state index contributed by atoms with van der Waals surface area (Å²) in [6.45, 7) is 5.22. The first-order valence-electron chi connectivity index (χ1n) is 7.04. The number of nitrogens with zero attached hydrogens (tertiary/aromatic N) is 2. The zero-order valence-electron chi connectivity index (χ0n) is 12.4. The molecule has 1 fully saturated rings. The molecule has 5 nitrogen and oxygen atoms in total. The predicted octanol–water partition coefficient (Wildman–Crippen LogP) is 2.25. The van der Waals surface area contributed by atoms with Gasteiger partial charge in [0, 0.05) is 37.9 Å². The molecule has 0 aliphatic carbocycles. The normalized spacial score (nSPS) is 18.9. The lowest BCUT2D eigenvalue weighted by atomic mass is 10.2. The van der Waals surface area contributed by atoms with E-state index in [1.54, 1.807) is 12.0 Å². The van der Waals surface area contributed by atoms with E-state index in [1.165, 1.54) is 0 Å². The molecule has 1 aliphatic heterocycles. The van der Waals surface area contributed by atoms with Crippen molar-refractivity contribution in [1.29, 1.82) is 0 Å². The molecule has 0 bridgehead atoms. The summed E-state index contributed by atoms with van der Waals surface area (Å²) < 4.78 is 5.15. The van der Waals surface area contributed by atoms with Gasteiger partial charge in [-0.15, -0.1) is 0 Å². The summed E-state index contributed by atoms with van der Waals surface area (Å²) in [5.74, 6) is 0.739. The van der Waals surface area contributed by atoms with E-state index in [1.807, 2.05) is 31.3 Å². The third-order valence-electron chi connectivity index (χ3n) is 3.88. The third kappa shape index (κ3) is 3.42. The molecule has 5 heteroatoms. The van der Waals surface area contributed by atoms with Gasteiger partial charge in [0.05, 0.1) is 7.11 Å². The number of likely N-dealkylation sites (N-methyl/N-ethyl adjacent to an activating group) is 2. The maximum absolute atomic E-state index is 12.2. The topological polar surface area (TPSA) is 44.8 Å². The van der Waals surface area contributed by atoms with Gasteiger partial charge in [0.1, 0.15) is 5.75 Å². The Bertz CT molecular complexity index is 464. The second-order valence-electron chi connectivity index (χ2n) is 5.11. The van der Waals surface area contributed by atoms with Gasteiger partial charge in [-0.05, 0) is 25.1 Å². The van der Waals surface area contributed by atoms with Gasteiger partial charge >= 0.3 is 6.03 Å². The molecule has 110 valence electrons. The van der Waals surface area contributed by atoms with Crippen LogP contribution in [0.25, 0.3) is 0 Å². The summed E-state index contributed by atoms with van der Waals surface area (Å²) in [4.78, 5) is 16.4. The van der Waals surface area contributed by atoms with Crippen molar-refractivity contribution in [2.24, 2.45) is 0 Å². The van der Waals surface area contributed by atoms with E-state index in [9.17, 15) is 4.79 Å². The van der Waals surface area contributed by atoms with E-state index < -0.39 is 0 Å². The highest BCUT2D eigenvalue weighted by Gasteiger charge is 2.27. The number of carbonyl (C=O) groups excluding carboxylic acids is 1. The molecule has 1 aromatic carbocycles. The number of ether oxygens (including phenoxy) is 1. The van der Waals surface area contributed by atoms with Crippen molar-refractivity contribution in [1.82, 2.24) is 9.80 Å². The first kappa shape index (κ1) is 14.7. The monoisotopic (exact) mass is 277 g/mol. The molecule has 2 rings (SSSR count). The van der Waals surface area contributed by atoms with Crippen molar-refractivity contribution in [2.45, 2.75) is 19.4 Å². The standard InChI is InChI=1S/C15H23N3O2/c1-4-18-9-8-13(11-18)17(2)15(19)16-12-6-5-7-14(10-12)20-3/h5-7,10,13H,4,8-9,11H2,1-3H3,(H,16,19)/t13-/m1/s1. The molecule has 1 atom stereocenters. The Hall–Kier alpha value is -1.75. The summed E-state index contributed by atoms with van der Waals surface area (Å²) in [6, 6.07) is 7.62. The molecule has 0 spiro atoms. The first-order chi connectivity index (χ1) is 9.63. The van der Waals surface area contributed by atoms with Gasteiger partial charge in [0.15, 0.2) is 0 Å². The zero-order valence-corrected chi connectivity index (χ0v) is 12.4. The summed E-state index contributed by atoms with van der Waals surface area (Å²) in [7, 11) is 3.48. The molecule has 0 saturated carbocycles. The van der Waals surface area contributed by atoms with Gasteiger partial charge in [-0.2, -0.15) is 0 Å². The quantitative estimate of drug-likeness (QED) is 0.918. The number of urea groups is 1. The van der Waals surface area contributed by atoms with Gasteiger partial charge in [-0.1, -0.05) is 13.0 Å². The Balaban J connectivity index is 1.94. The lowest BCUT2D eigenvalue weighted by Gasteiger charge is -2.25. The fraction of sp³-hybridized carbons (Fsp3) is 0.533. The number of methoxy groups -OCH3 is 1. The minimum absolute atomic E-state index is 0.0683. The fourth-order valence-corrected chi connectivity index (χ4v) is 2.49. The third-order valence-corrected chi connectivity index (χ3v) is 3.88. The fourth-order valence-electron chi connectivity index (χ4n) is 2.49. The number of likely N-dealkylation sites (tertiary alicyclic amines) is 1. The molecule has 1 aliphatic rings. The van der Waals surface area contributed by atoms with Crippen LogP contribution in [0.1, 0.15) is 13.3 Å². The van der Waals surface area contributed by atoms with Crippen LogP contribution in [0.5, 0.6) is 5.75 Å². The van der Waals surface area contributed by atoms with Gasteiger partial charge in [0.25, 0.3) is 0 Å². The second kappa shape index (κ2) is 6.61. The van der Waals surface area contributed by atoms with E-state index in [2.05, 4.69) is 17.1 Å². The Kier molecular flexibility index (Phi) is 4.84. The summed E-state index contributed by atoms with van der Waals surface area (Å²) in [6.07, 6.45) is 1.04. The average Bonchev–Trinajstić information content (AvgIpc) is 2.95. The van der Waals surface area contributed by atoms with Crippen LogP contribution in [-0.4, -0.2) is 55.7 Å². The van der Waals surface area contributed by atoms with Crippen molar-refractivity contribution in [3.8, 4) is 5.75 Å². The van der Waals surface area contributed by atoms with Crippen molar-refractivity contribution in [3.63, 3.8) is 0 Å². The highest BCUT2D eigenvalue weighted by molar-refractivity contribution is 5.89. The molecule has 0 aromatic heterocycles. The van der Waals surface area contributed by atoms with Gasteiger partial charge < -0.3 is 19.9 Å². The second-order valence-corrected chi connectivity index (χ2v) is 5.11. The summed E-state index contributed by atoms with van der Waals surface area (Å²) in [5.41, 5.74) is 0.756. The van der Waals surface area contributed by atoms with E-state index >= 15 is 0 Å². The molecule has 1 saturated heterocycles. The highest BCUT2D eigenvalue weighted by Crippen LogP contribution is 2.19. The molecule has 1 heterocycles. The van der Waals surface area contributed by atoms with E-state index in [0.717, 1.165) is 37.5 Å². The minimum atomic E-state index is -0.0683. The number of carbonyl (C=O) groups is 1. The number of hydrogen-bond donors (Lipinski definition) is 1. The molecule has 20 heavy (non-hydrogen) atoms. The van der Waals surface area contributed by atoms with Crippen LogP contribution in [-0.2, 0) is 0 Å². The molecule has 1 aromatic rings. The zero-order chi connectivity index (χ0) is 14.5. The van der Waals surface area contributed by atoms with Crippen LogP contribution in [0, 0.1) is 0 Å². The van der Waals surface area contributed by atoms with Crippen molar-refractivity contribution in [2.75, 3.05) is 39.1 Å². The lowest BCUT2D eigenvalue weighted by Crippen LogP contribution is -2.41. The molecule has 2 amide bonds. The molecule has 0 unspecified atom stereocenters. The van der Waals surface area contributed by atoms with Gasteiger partial charge in [-0.3, -0.25) is 0 Å². The van der Waals surface area contributed by atoms with Crippen molar-refractivity contribution < 1.29 is 9.53 Å². The Labute approximate surface area is 120 Å². The smallest absolute Gasteiger partial charge is 0.321 e. The summed E-state index contributed by atoms with van der Waals surface area (Å²) >= 11 is 0. The van der Waals surface area contributed by atoms with Crippen LogP contribution >= 0.6 is 0 Å². The summed E-state index contributed by atoms with van der Waals surface area (Å²) in [5, 5.41) is 2.91. The molecule has 0 radical (unpaired) electrons. The van der Waals surface area contributed by atoms with Gasteiger partial charge in [-0.25, -0.2) is 4.79 Å². The van der Waals surface area contributed by atoms with E-state index in [0.29, 0.717) is 6.04 Å². The average molecular weight is 277 g/mol. The minimum Gasteiger partial charge on any atom is -0.497 e. The SMILES string of the molecule is CCN1CC[C@@H](N(C)C(=O)Nc2cccc(OC)c2)C1. The van der Waals surface area contributed by atoms with Crippen molar-refractivity contribution in [3.05, 3.63) is 24.3 Å².